The predicted octanol–water partition coefficient (Wildman–Crippen LogP) is 5.62. The van der Waals surface area contributed by atoms with Crippen molar-refractivity contribution in [1.82, 2.24) is 0 Å². The SMILES string of the molecule is CC(C)C(O)CC[C@@H](C)[C@H]1CC[C@H]2[C@@H]3[C@H](O)CC4CC(=O)CC[C@]4(C)[C@H]3CC[C@]12C. The number of aliphatic hydroxyl groups excluding tert-OH is 2. The molecule has 10 atom stereocenters. The van der Waals surface area contributed by atoms with Crippen LogP contribution in [0.1, 0.15) is 98.8 Å². The monoisotopic (exact) mass is 418 g/mol. The van der Waals surface area contributed by atoms with Gasteiger partial charge in [-0.1, -0.05) is 34.6 Å². The second kappa shape index (κ2) is 8.18. The van der Waals surface area contributed by atoms with Crippen LogP contribution in [0.25, 0.3) is 0 Å². The molecule has 172 valence electrons. The molecule has 0 aromatic rings. The van der Waals surface area contributed by atoms with Crippen LogP contribution in [0.2, 0.25) is 0 Å². The molecule has 0 heterocycles. The van der Waals surface area contributed by atoms with Gasteiger partial charge in [0.05, 0.1) is 12.2 Å². The molecule has 4 saturated carbocycles. The Hall–Kier alpha value is -0.410. The number of carbonyl (C=O) groups excluding carboxylic acids is 1. The quantitative estimate of drug-likeness (QED) is 0.609. The van der Waals surface area contributed by atoms with E-state index in [1.165, 1.54) is 25.7 Å². The average Bonchev–Trinajstić information content (AvgIpc) is 3.04. The summed E-state index contributed by atoms with van der Waals surface area (Å²) in [4.78, 5) is 12.1. The van der Waals surface area contributed by atoms with E-state index in [1.807, 2.05) is 0 Å². The van der Waals surface area contributed by atoms with Crippen LogP contribution in [0.5, 0.6) is 0 Å². The van der Waals surface area contributed by atoms with E-state index in [9.17, 15) is 15.0 Å². The third-order valence-electron chi connectivity index (χ3n) is 10.9. The normalized spacial score (nSPS) is 48.1. The molecule has 4 aliphatic carbocycles. The molecule has 2 unspecified atom stereocenters. The first-order valence-electron chi connectivity index (χ1n) is 13.0. The summed E-state index contributed by atoms with van der Waals surface area (Å²) in [6.45, 7) is 11.6. The van der Waals surface area contributed by atoms with Gasteiger partial charge in [-0.3, -0.25) is 4.79 Å². The van der Waals surface area contributed by atoms with Gasteiger partial charge in [-0.25, -0.2) is 0 Å². The number of hydrogen-bond donors (Lipinski definition) is 2. The van der Waals surface area contributed by atoms with Crippen molar-refractivity contribution in [2.75, 3.05) is 0 Å². The summed E-state index contributed by atoms with van der Waals surface area (Å²) in [6, 6.07) is 0. The fourth-order valence-electron chi connectivity index (χ4n) is 8.96. The summed E-state index contributed by atoms with van der Waals surface area (Å²) in [6.07, 6.45) is 10.0. The molecule has 0 aromatic carbocycles. The van der Waals surface area contributed by atoms with Crippen LogP contribution in [0, 0.1) is 52.3 Å². The molecule has 0 aliphatic heterocycles. The molecular weight excluding hydrogens is 372 g/mol. The van der Waals surface area contributed by atoms with Crippen molar-refractivity contribution in [1.29, 1.82) is 0 Å². The fourth-order valence-corrected chi connectivity index (χ4v) is 8.96. The van der Waals surface area contributed by atoms with E-state index in [0.29, 0.717) is 59.0 Å². The second-order valence-electron chi connectivity index (χ2n) is 12.6. The maximum atomic E-state index is 12.1. The summed E-state index contributed by atoms with van der Waals surface area (Å²) < 4.78 is 0. The van der Waals surface area contributed by atoms with E-state index in [1.54, 1.807) is 0 Å². The average molecular weight is 419 g/mol. The molecule has 2 N–H and O–H groups in total. The highest BCUT2D eigenvalue weighted by molar-refractivity contribution is 5.79. The van der Waals surface area contributed by atoms with Crippen LogP contribution in [0.4, 0.5) is 0 Å². The van der Waals surface area contributed by atoms with Gasteiger partial charge in [-0.2, -0.15) is 0 Å². The Bertz CT molecular complexity index is 644. The lowest BCUT2D eigenvalue weighted by Crippen LogP contribution is -2.58. The number of carbonyl (C=O) groups is 1. The first-order valence-corrected chi connectivity index (χ1v) is 13.0. The first kappa shape index (κ1) is 22.8. The fraction of sp³-hybridized carbons (Fsp3) is 0.963. The highest BCUT2D eigenvalue weighted by Crippen LogP contribution is 2.68. The van der Waals surface area contributed by atoms with Crippen molar-refractivity contribution in [2.45, 2.75) is 111 Å². The molecule has 0 amide bonds. The van der Waals surface area contributed by atoms with Crippen molar-refractivity contribution < 1.29 is 15.0 Å². The van der Waals surface area contributed by atoms with Gasteiger partial charge in [0.25, 0.3) is 0 Å². The Morgan fingerprint density at radius 2 is 1.70 bits per heavy atom. The van der Waals surface area contributed by atoms with E-state index in [0.717, 1.165) is 32.1 Å². The van der Waals surface area contributed by atoms with E-state index in [-0.39, 0.29) is 17.6 Å². The molecule has 0 spiro atoms. The van der Waals surface area contributed by atoms with Crippen molar-refractivity contribution in [3.63, 3.8) is 0 Å². The van der Waals surface area contributed by atoms with E-state index < -0.39 is 0 Å². The number of fused-ring (bicyclic) bond motifs is 5. The minimum atomic E-state index is -0.222. The van der Waals surface area contributed by atoms with Gasteiger partial charge in [0, 0.05) is 12.8 Å². The molecule has 0 radical (unpaired) electrons. The Labute approximate surface area is 184 Å². The van der Waals surface area contributed by atoms with Crippen LogP contribution in [-0.2, 0) is 4.79 Å². The topological polar surface area (TPSA) is 57.5 Å². The van der Waals surface area contributed by atoms with Crippen LogP contribution >= 0.6 is 0 Å². The van der Waals surface area contributed by atoms with E-state index >= 15 is 0 Å². The number of rotatable bonds is 5. The van der Waals surface area contributed by atoms with Gasteiger partial charge in [0.15, 0.2) is 0 Å². The van der Waals surface area contributed by atoms with E-state index in [4.69, 9.17) is 0 Å². The minimum absolute atomic E-state index is 0.181. The van der Waals surface area contributed by atoms with Crippen LogP contribution in [0.3, 0.4) is 0 Å². The van der Waals surface area contributed by atoms with Gasteiger partial charge in [0.2, 0.25) is 0 Å². The molecule has 3 nitrogen and oxygen atoms in total. The lowest BCUT2D eigenvalue weighted by molar-refractivity contribution is -0.169. The Kier molecular flexibility index (Phi) is 6.21. The van der Waals surface area contributed by atoms with Crippen molar-refractivity contribution in [3.8, 4) is 0 Å². The van der Waals surface area contributed by atoms with Crippen LogP contribution < -0.4 is 0 Å². The highest BCUT2D eigenvalue weighted by atomic mass is 16.3. The standard InChI is InChI=1S/C27H46O3/c1-16(2)23(29)9-6-17(3)20-7-8-21-25-22(11-13-27(20,21)5)26(4)12-10-19(28)14-18(26)15-24(25)30/h16-18,20-25,29-30H,6-15H2,1-5H3/t17-,18?,20-,21+,22+,23?,24-,25+,26+,27-/m1/s1. The third-order valence-corrected chi connectivity index (χ3v) is 10.9. The number of Topliss-reactive ketones (excluding diaryl/α,β-unsaturated/α-hetero) is 1. The Balaban J connectivity index is 1.51. The zero-order valence-corrected chi connectivity index (χ0v) is 20.1. The predicted molar refractivity (Wildman–Crippen MR) is 121 cm³/mol. The van der Waals surface area contributed by atoms with Crippen LogP contribution in [0.15, 0.2) is 0 Å². The lowest BCUT2D eigenvalue weighted by Gasteiger charge is -2.62. The zero-order chi connectivity index (χ0) is 21.8. The first-order chi connectivity index (χ1) is 14.1. The highest BCUT2D eigenvalue weighted by Gasteiger charge is 2.62. The smallest absolute Gasteiger partial charge is 0.133 e. The number of hydrogen-bond acceptors (Lipinski definition) is 3. The molecule has 4 fully saturated rings. The van der Waals surface area contributed by atoms with Gasteiger partial charge in [-0.15, -0.1) is 0 Å². The minimum Gasteiger partial charge on any atom is -0.393 e. The summed E-state index contributed by atoms with van der Waals surface area (Å²) in [7, 11) is 0. The summed E-state index contributed by atoms with van der Waals surface area (Å²) in [5, 5.41) is 21.6. The largest absolute Gasteiger partial charge is 0.393 e. The zero-order valence-electron chi connectivity index (χ0n) is 20.1. The Morgan fingerprint density at radius 1 is 1.00 bits per heavy atom. The van der Waals surface area contributed by atoms with Gasteiger partial charge in [-0.05, 0) is 104 Å². The number of ketones is 1. The lowest BCUT2D eigenvalue weighted by atomic mass is 9.44. The van der Waals surface area contributed by atoms with Crippen molar-refractivity contribution >= 4 is 5.78 Å². The molecule has 30 heavy (non-hydrogen) atoms. The van der Waals surface area contributed by atoms with Gasteiger partial charge >= 0.3 is 0 Å². The maximum absolute atomic E-state index is 12.1. The summed E-state index contributed by atoms with van der Waals surface area (Å²) in [5.74, 6) is 4.16. The van der Waals surface area contributed by atoms with Crippen molar-refractivity contribution in [3.05, 3.63) is 0 Å². The number of aliphatic hydroxyl groups is 2. The molecule has 3 heteroatoms. The molecule has 0 saturated heterocycles. The molecule has 4 aliphatic rings. The van der Waals surface area contributed by atoms with Crippen molar-refractivity contribution in [2.24, 2.45) is 52.3 Å². The summed E-state index contributed by atoms with van der Waals surface area (Å²) in [5.41, 5.74) is 0.586. The summed E-state index contributed by atoms with van der Waals surface area (Å²) >= 11 is 0. The maximum Gasteiger partial charge on any atom is 0.133 e. The van der Waals surface area contributed by atoms with Gasteiger partial charge in [0.1, 0.15) is 5.78 Å². The van der Waals surface area contributed by atoms with Gasteiger partial charge < -0.3 is 10.2 Å². The Morgan fingerprint density at radius 3 is 2.40 bits per heavy atom. The second-order valence-corrected chi connectivity index (χ2v) is 12.6. The molecule has 0 aromatic heterocycles. The van der Waals surface area contributed by atoms with E-state index in [2.05, 4.69) is 34.6 Å². The molecule has 4 rings (SSSR count). The third kappa shape index (κ3) is 3.60. The van der Waals surface area contributed by atoms with Crippen LogP contribution in [-0.4, -0.2) is 28.2 Å². The molecule has 0 bridgehead atoms. The molecular formula is C27H46O3.